The van der Waals surface area contributed by atoms with Crippen LogP contribution in [0.15, 0.2) is 42.5 Å². The minimum Gasteiger partial charge on any atom is -0.490 e. The van der Waals surface area contributed by atoms with E-state index in [9.17, 15) is 8.78 Å². The Bertz CT molecular complexity index is 546. The Labute approximate surface area is 115 Å². The monoisotopic (exact) mass is 283 g/mol. The second-order valence-corrected chi connectivity index (χ2v) is 4.26. The lowest BCUT2D eigenvalue weighted by Gasteiger charge is -2.09. The summed E-state index contributed by atoms with van der Waals surface area (Å²) in [7, 11) is 0. The number of rotatable bonds is 5. The molecule has 2 aromatic rings. The highest BCUT2D eigenvalue weighted by atomic mass is 35.5. The molecule has 0 saturated heterocycles. The van der Waals surface area contributed by atoms with Crippen molar-refractivity contribution in [3.63, 3.8) is 0 Å². The van der Waals surface area contributed by atoms with E-state index in [1.54, 1.807) is 12.1 Å². The fourth-order valence-corrected chi connectivity index (χ4v) is 1.74. The summed E-state index contributed by atoms with van der Waals surface area (Å²) >= 11 is 5.82. The molecule has 5 heteroatoms. The Morgan fingerprint density at radius 2 is 1.68 bits per heavy atom. The van der Waals surface area contributed by atoms with E-state index >= 15 is 0 Å². The SMILES string of the molecule is Fc1ccc(NCCOc2ccc(F)cc2Cl)cc1. The van der Waals surface area contributed by atoms with Gasteiger partial charge in [0.05, 0.1) is 5.02 Å². The maximum absolute atomic E-state index is 12.8. The molecule has 0 unspecified atom stereocenters. The Kier molecular flexibility index (Phi) is 4.58. The van der Waals surface area contributed by atoms with Gasteiger partial charge in [0.25, 0.3) is 0 Å². The highest BCUT2D eigenvalue weighted by molar-refractivity contribution is 6.32. The lowest BCUT2D eigenvalue weighted by molar-refractivity contribution is 0.332. The molecule has 0 atom stereocenters. The van der Waals surface area contributed by atoms with Crippen molar-refractivity contribution in [2.45, 2.75) is 0 Å². The van der Waals surface area contributed by atoms with Crippen molar-refractivity contribution in [3.8, 4) is 5.75 Å². The Balaban J connectivity index is 1.79. The van der Waals surface area contributed by atoms with Gasteiger partial charge in [-0.15, -0.1) is 0 Å². The predicted molar refractivity (Wildman–Crippen MR) is 71.8 cm³/mol. The van der Waals surface area contributed by atoms with Crippen LogP contribution in [0.25, 0.3) is 0 Å². The van der Waals surface area contributed by atoms with Gasteiger partial charge in [-0.25, -0.2) is 8.78 Å². The van der Waals surface area contributed by atoms with Crippen LogP contribution in [0.1, 0.15) is 0 Å². The molecule has 1 N–H and O–H groups in total. The zero-order valence-corrected chi connectivity index (χ0v) is 10.8. The van der Waals surface area contributed by atoms with Crippen molar-refractivity contribution in [2.75, 3.05) is 18.5 Å². The van der Waals surface area contributed by atoms with E-state index in [0.29, 0.717) is 18.9 Å². The van der Waals surface area contributed by atoms with Crippen LogP contribution in [-0.2, 0) is 0 Å². The van der Waals surface area contributed by atoms with Gasteiger partial charge in [0.2, 0.25) is 0 Å². The molecular formula is C14H12ClF2NO. The Hall–Kier alpha value is -1.81. The van der Waals surface area contributed by atoms with Crippen LogP contribution in [0.4, 0.5) is 14.5 Å². The lowest BCUT2D eigenvalue weighted by atomic mass is 10.3. The summed E-state index contributed by atoms with van der Waals surface area (Å²) in [6.07, 6.45) is 0. The number of hydrogen-bond donors (Lipinski definition) is 1. The zero-order chi connectivity index (χ0) is 13.7. The molecule has 2 aromatic carbocycles. The smallest absolute Gasteiger partial charge is 0.138 e. The fraction of sp³-hybridized carbons (Fsp3) is 0.143. The standard InChI is InChI=1S/C14H12ClF2NO/c15-13-9-11(17)3-6-14(13)19-8-7-18-12-4-1-10(16)2-5-12/h1-6,9,18H,7-8H2. The molecule has 2 nitrogen and oxygen atoms in total. The van der Waals surface area contributed by atoms with Crippen LogP contribution in [-0.4, -0.2) is 13.2 Å². The van der Waals surface area contributed by atoms with Crippen LogP contribution in [0.5, 0.6) is 5.75 Å². The lowest BCUT2D eigenvalue weighted by Crippen LogP contribution is -2.11. The maximum atomic E-state index is 12.8. The molecule has 0 radical (unpaired) electrons. The van der Waals surface area contributed by atoms with Crippen molar-refractivity contribution in [1.82, 2.24) is 0 Å². The topological polar surface area (TPSA) is 21.3 Å². The van der Waals surface area contributed by atoms with E-state index in [1.807, 2.05) is 0 Å². The highest BCUT2D eigenvalue weighted by Gasteiger charge is 2.02. The minimum atomic E-state index is -0.401. The van der Waals surface area contributed by atoms with Crippen LogP contribution in [0.3, 0.4) is 0 Å². The van der Waals surface area contributed by atoms with Gasteiger partial charge >= 0.3 is 0 Å². The summed E-state index contributed by atoms with van der Waals surface area (Å²) < 4.78 is 30.9. The van der Waals surface area contributed by atoms with Crippen molar-refractivity contribution in [3.05, 3.63) is 59.1 Å². The minimum absolute atomic E-state index is 0.238. The van der Waals surface area contributed by atoms with Gasteiger partial charge in [0.1, 0.15) is 24.0 Å². The van der Waals surface area contributed by atoms with E-state index in [-0.39, 0.29) is 10.8 Å². The van der Waals surface area contributed by atoms with E-state index < -0.39 is 5.82 Å². The summed E-state index contributed by atoms with van der Waals surface area (Å²) in [5.74, 6) is -0.245. The quantitative estimate of drug-likeness (QED) is 0.834. The van der Waals surface area contributed by atoms with Gasteiger partial charge < -0.3 is 10.1 Å². The number of anilines is 1. The molecular weight excluding hydrogens is 272 g/mol. The average Bonchev–Trinajstić information content (AvgIpc) is 2.39. The molecule has 100 valence electrons. The number of nitrogens with one attached hydrogen (secondary N) is 1. The van der Waals surface area contributed by atoms with Crippen LogP contribution >= 0.6 is 11.6 Å². The molecule has 0 fully saturated rings. The van der Waals surface area contributed by atoms with E-state index in [2.05, 4.69) is 5.32 Å². The largest absolute Gasteiger partial charge is 0.490 e. The van der Waals surface area contributed by atoms with Crippen molar-refractivity contribution in [1.29, 1.82) is 0 Å². The number of halogens is 3. The summed E-state index contributed by atoms with van der Waals surface area (Å²) in [5, 5.41) is 3.30. The van der Waals surface area contributed by atoms with Crippen LogP contribution < -0.4 is 10.1 Å². The third-order valence-corrected chi connectivity index (χ3v) is 2.72. The molecule has 2 rings (SSSR count). The number of benzene rings is 2. The highest BCUT2D eigenvalue weighted by Crippen LogP contribution is 2.24. The first-order valence-electron chi connectivity index (χ1n) is 5.72. The molecule has 0 aromatic heterocycles. The summed E-state index contributed by atoms with van der Waals surface area (Å²) in [6, 6.07) is 9.99. The maximum Gasteiger partial charge on any atom is 0.138 e. The van der Waals surface area contributed by atoms with E-state index in [1.165, 1.54) is 30.3 Å². The van der Waals surface area contributed by atoms with Gasteiger partial charge in [0.15, 0.2) is 0 Å². The molecule has 0 bridgehead atoms. The zero-order valence-electron chi connectivity index (χ0n) is 10.00. The van der Waals surface area contributed by atoms with Crippen LogP contribution in [0.2, 0.25) is 5.02 Å². The number of ether oxygens (including phenoxy) is 1. The first kappa shape index (κ1) is 13.6. The molecule has 0 aliphatic rings. The molecule has 0 spiro atoms. The predicted octanol–water partition coefficient (Wildman–Crippen LogP) is 4.11. The molecule has 19 heavy (non-hydrogen) atoms. The third kappa shape index (κ3) is 4.10. The fourth-order valence-electron chi connectivity index (χ4n) is 1.52. The molecule has 0 saturated carbocycles. The van der Waals surface area contributed by atoms with Gasteiger partial charge in [-0.05, 0) is 42.5 Å². The summed E-state index contributed by atoms with van der Waals surface area (Å²) in [5.41, 5.74) is 0.801. The molecule has 0 heterocycles. The summed E-state index contributed by atoms with van der Waals surface area (Å²) in [4.78, 5) is 0. The van der Waals surface area contributed by atoms with E-state index in [0.717, 1.165) is 5.69 Å². The second kappa shape index (κ2) is 6.38. The molecule has 0 aliphatic carbocycles. The van der Waals surface area contributed by atoms with Gasteiger partial charge in [-0.1, -0.05) is 11.6 Å². The van der Waals surface area contributed by atoms with Gasteiger partial charge in [0, 0.05) is 12.2 Å². The normalized spacial score (nSPS) is 10.3. The summed E-state index contributed by atoms with van der Waals surface area (Å²) in [6.45, 7) is 0.891. The Morgan fingerprint density at radius 3 is 2.37 bits per heavy atom. The Morgan fingerprint density at radius 1 is 1.00 bits per heavy atom. The van der Waals surface area contributed by atoms with Gasteiger partial charge in [-0.3, -0.25) is 0 Å². The van der Waals surface area contributed by atoms with E-state index in [4.69, 9.17) is 16.3 Å². The number of hydrogen-bond acceptors (Lipinski definition) is 2. The van der Waals surface area contributed by atoms with Gasteiger partial charge in [-0.2, -0.15) is 0 Å². The first-order valence-corrected chi connectivity index (χ1v) is 6.10. The van der Waals surface area contributed by atoms with Crippen LogP contribution in [0, 0.1) is 11.6 Å². The van der Waals surface area contributed by atoms with Crippen molar-refractivity contribution in [2.24, 2.45) is 0 Å². The molecule has 0 aliphatic heterocycles. The average molecular weight is 284 g/mol. The van der Waals surface area contributed by atoms with Crippen molar-refractivity contribution >= 4 is 17.3 Å². The van der Waals surface area contributed by atoms with Crippen molar-refractivity contribution < 1.29 is 13.5 Å². The second-order valence-electron chi connectivity index (χ2n) is 3.86. The first-order chi connectivity index (χ1) is 9.15. The molecule has 0 amide bonds. The third-order valence-electron chi connectivity index (χ3n) is 2.43.